The van der Waals surface area contributed by atoms with Crippen molar-refractivity contribution in [3.8, 4) is 11.5 Å². The average Bonchev–Trinajstić information content (AvgIpc) is 2.87. The lowest BCUT2D eigenvalue weighted by molar-refractivity contribution is -0.119. The van der Waals surface area contributed by atoms with Crippen molar-refractivity contribution in [2.45, 2.75) is 92.6 Å². The summed E-state index contributed by atoms with van der Waals surface area (Å²) in [7, 11) is 1.59. The van der Waals surface area contributed by atoms with E-state index < -0.39 is 5.92 Å². The van der Waals surface area contributed by atoms with Crippen LogP contribution in [0.3, 0.4) is 0 Å². The number of carbonyl (C=O) groups is 2. The van der Waals surface area contributed by atoms with Gasteiger partial charge in [-0.3, -0.25) is 9.59 Å². The fourth-order valence-corrected chi connectivity index (χ4v) is 7.01. The fraction of sp³-hybridized carbons (Fsp3) is 0.486. The number of aryl methyl sites for hydroxylation is 1. The molecule has 1 aliphatic heterocycles. The highest BCUT2D eigenvalue weighted by molar-refractivity contribution is 6.32. The summed E-state index contributed by atoms with van der Waals surface area (Å²) in [5, 5.41) is 0.405. The average molecular weight is 576 g/mol. The number of nitrogens with zero attached hydrogens (tertiary/aromatic N) is 1. The maximum atomic E-state index is 14.2. The van der Waals surface area contributed by atoms with Crippen molar-refractivity contribution in [1.29, 1.82) is 0 Å². The van der Waals surface area contributed by atoms with Crippen molar-refractivity contribution in [2.24, 2.45) is 10.8 Å². The number of benzene rings is 2. The second-order valence-corrected chi connectivity index (χ2v) is 14.0. The van der Waals surface area contributed by atoms with Crippen LogP contribution in [-0.4, -0.2) is 24.8 Å². The Balaban J connectivity index is 1.81. The first-order chi connectivity index (χ1) is 19.2. The highest BCUT2D eigenvalue weighted by Gasteiger charge is 2.49. The molecule has 2 aromatic rings. The normalized spacial score (nSPS) is 20.4. The maximum Gasteiger partial charge on any atom is 0.180 e. The van der Waals surface area contributed by atoms with E-state index in [2.05, 4.69) is 63.8 Å². The Morgan fingerprint density at radius 2 is 1.44 bits per heavy atom. The van der Waals surface area contributed by atoms with Gasteiger partial charge in [-0.25, -0.2) is 0 Å². The highest BCUT2D eigenvalue weighted by atomic mass is 35.5. The van der Waals surface area contributed by atoms with Crippen LogP contribution in [-0.2, 0) is 16.0 Å². The minimum Gasteiger partial charge on any atom is -0.493 e. The van der Waals surface area contributed by atoms with Gasteiger partial charge in [0, 0.05) is 47.0 Å². The van der Waals surface area contributed by atoms with Gasteiger partial charge in [-0.1, -0.05) is 58.4 Å². The van der Waals surface area contributed by atoms with Gasteiger partial charge in [-0.15, -0.1) is 0 Å². The molecule has 6 heteroatoms. The summed E-state index contributed by atoms with van der Waals surface area (Å²) >= 11 is 6.83. The molecule has 3 aliphatic rings. The van der Waals surface area contributed by atoms with Crippen molar-refractivity contribution in [2.75, 3.05) is 12.0 Å². The quantitative estimate of drug-likeness (QED) is 0.345. The number of allylic oxidation sites excluding steroid dienone is 4. The summed E-state index contributed by atoms with van der Waals surface area (Å²) in [5.41, 5.74) is 5.98. The van der Waals surface area contributed by atoms with Gasteiger partial charge >= 0.3 is 0 Å². The van der Waals surface area contributed by atoms with Crippen LogP contribution in [0.1, 0.15) is 91.2 Å². The van der Waals surface area contributed by atoms with E-state index in [4.69, 9.17) is 21.1 Å². The molecule has 5 nitrogen and oxygen atoms in total. The van der Waals surface area contributed by atoms with Gasteiger partial charge in [-0.05, 0) is 79.3 Å². The Morgan fingerprint density at radius 1 is 0.902 bits per heavy atom. The smallest absolute Gasteiger partial charge is 0.180 e. The summed E-state index contributed by atoms with van der Waals surface area (Å²) in [5.74, 6) is 0.613. The van der Waals surface area contributed by atoms with E-state index >= 15 is 0 Å². The molecule has 0 bridgehead atoms. The third-order valence-electron chi connectivity index (χ3n) is 8.45. The standard InChI is InChI=1S/C35H42ClNO4/c1-9-21-10-12-23(13-11-21)37-25-16-34(4,5)18-27(38)31(25)30(32-26(37)17-35(6,7)19-28(32)39)22-14-24(36)33(41-20(2)3)29(15-22)40-8/h10-15,20,30H,9,16-19H2,1-8H3. The minimum absolute atomic E-state index is 0.0817. The maximum absolute atomic E-state index is 14.2. The molecular weight excluding hydrogens is 534 g/mol. The van der Waals surface area contributed by atoms with Crippen LogP contribution < -0.4 is 14.4 Å². The van der Waals surface area contributed by atoms with Gasteiger partial charge in [0.1, 0.15) is 0 Å². The van der Waals surface area contributed by atoms with E-state index in [-0.39, 0.29) is 28.5 Å². The Kier molecular flexibility index (Phi) is 7.65. The molecule has 218 valence electrons. The van der Waals surface area contributed by atoms with Crippen LogP contribution in [0.25, 0.3) is 0 Å². The molecule has 0 atom stereocenters. The largest absolute Gasteiger partial charge is 0.493 e. The van der Waals surface area contributed by atoms with E-state index in [0.717, 1.165) is 41.9 Å². The van der Waals surface area contributed by atoms with Crippen molar-refractivity contribution in [1.82, 2.24) is 0 Å². The number of halogens is 1. The number of hydrogen-bond donors (Lipinski definition) is 0. The fourth-order valence-electron chi connectivity index (χ4n) is 6.75. The third-order valence-corrected chi connectivity index (χ3v) is 8.73. The molecule has 0 fully saturated rings. The van der Waals surface area contributed by atoms with Crippen LogP contribution in [0.15, 0.2) is 58.9 Å². The zero-order valence-corrected chi connectivity index (χ0v) is 26.4. The summed E-state index contributed by atoms with van der Waals surface area (Å²) in [4.78, 5) is 30.6. The first kappa shape index (κ1) is 29.4. The molecule has 41 heavy (non-hydrogen) atoms. The molecule has 0 radical (unpaired) electrons. The zero-order valence-electron chi connectivity index (χ0n) is 25.6. The van der Waals surface area contributed by atoms with Gasteiger partial charge in [0.05, 0.1) is 18.2 Å². The molecule has 0 unspecified atom stereocenters. The second kappa shape index (κ2) is 10.7. The number of ether oxygens (including phenoxy) is 2. The molecule has 0 N–H and O–H groups in total. The molecule has 1 heterocycles. The molecule has 5 rings (SSSR count). The van der Waals surface area contributed by atoms with Gasteiger partial charge in [-0.2, -0.15) is 0 Å². The number of methoxy groups -OCH3 is 1. The van der Waals surface area contributed by atoms with Crippen molar-refractivity contribution >= 4 is 28.9 Å². The number of Topliss-reactive ketones (excluding diaryl/α,β-unsaturated/α-hetero) is 2. The van der Waals surface area contributed by atoms with Crippen molar-refractivity contribution in [3.63, 3.8) is 0 Å². The second-order valence-electron chi connectivity index (χ2n) is 13.6. The number of anilines is 1. The van der Waals surface area contributed by atoms with Crippen LogP contribution in [0.2, 0.25) is 5.02 Å². The zero-order chi connectivity index (χ0) is 29.9. The monoisotopic (exact) mass is 575 g/mol. The highest BCUT2D eigenvalue weighted by Crippen LogP contribution is 2.56. The lowest BCUT2D eigenvalue weighted by Crippen LogP contribution is -2.44. The van der Waals surface area contributed by atoms with Crippen LogP contribution in [0.4, 0.5) is 5.69 Å². The molecule has 2 aliphatic carbocycles. The molecular formula is C35H42ClNO4. The predicted molar refractivity (Wildman–Crippen MR) is 165 cm³/mol. The van der Waals surface area contributed by atoms with Gasteiger partial charge in [0.15, 0.2) is 23.1 Å². The summed E-state index contributed by atoms with van der Waals surface area (Å²) in [6.45, 7) is 14.6. The Morgan fingerprint density at radius 3 is 1.90 bits per heavy atom. The topological polar surface area (TPSA) is 55.8 Å². The molecule has 0 saturated carbocycles. The van der Waals surface area contributed by atoms with E-state index in [1.165, 1.54) is 5.56 Å². The Hall–Kier alpha value is -3.05. The van der Waals surface area contributed by atoms with Gasteiger partial charge < -0.3 is 14.4 Å². The third kappa shape index (κ3) is 5.46. The van der Waals surface area contributed by atoms with Crippen molar-refractivity contribution < 1.29 is 19.1 Å². The number of carbonyl (C=O) groups excluding carboxylic acids is 2. The summed E-state index contributed by atoms with van der Waals surface area (Å²) in [6.07, 6.45) is 3.15. The van der Waals surface area contributed by atoms with Crippen LogP contribution >= 0.6 is 11.6 Å². The van der Waals surface area contributed by atoms with E-state index in [0.29, 0.717) is 40.5 Å². The first-order valence-electron chi connectivity index (χ1n) is 14.7. The van der Waals surface area contributed by atoms with E-state index in [9.17, 15) is 9.59 Å². The molecule has 0 aromatic heterocycles. The van der Waals surface area contributed by atoms with E-state index in [1.54, 1.807) is 7.11 Å². The first-order valence-corrected chi connectivity index (χ1v) is 15.1. The summed E-state index contributed by atoms with van der Waals surface area (Å²) in [6, 6.07) is 12.3. The van der Waals surface area contributed by atoms with Gasteiger partial charge in [0.25, 0.3) is 0 Å². The number of rotatable bonds is 6. The van der Waals surface area contributed by atoms with Crippen molar-refractivity contribution in [3.05, 3.63) is 75.1 Å². The molecule has 0 saturated heterocycles. The SMILES string of the molecule is CCc1ccc(N2C3=C(C(=O)CC(C)(C)C3)C(c3cc(Cl)c(OC(C)C)c(OC)c3)C3=C2CC(C)(C)CC3=O)cc1. The Bertz CT molecular complexity index is 1410. The van der Waals surface area contributed by atoms with Gasteiger partial charge in [0.2, 0.25) is 0 Å². The molecule has 0 spiro atoms. The lowest BCUT2D eigenvalue weighted by Gasteiger charge is -2.49. The molecule has 0 amide bonds. The van der Waals surface area contributed by atoms with Crippen LogP contribution in [0, 0.1) is 10.8 Å². The van der Waals surface area contributed by atoms with Crippen LogP contribution in [0.5, 0.6) is 11.5 Å². The number of ketones is 2. The minimum atomic E-state index is -0.516. The predicted octanol–water partition coefficient (Wildman–Crippen LogP) is 8.59. The summed E-state index contributed by atoms with van der Waals surface area (Å²) < 4.78 is 11.7. The lowest BCUT2D eigenvalue weighted by atomic mass is 9.63. The molecule has 2 aromatic carbocycles. The number of hydrogen-bond acceptors (Lipinski definition) is 5. The Labute approximate surface area is 249 Å². The van der Waals surface area contributed by atoms with E-state index in [1.807, 2.05) is 26.0 Å².